The molecule has 0 amide bonds. The topological polar surface area (TPSA) is 37.4 Å². The molecule has 1 heterocycles. The first kappa shape index (κ1) is 13.4. The van der Waals surface area contributed by atoms with E-state index in [9.17, 15) is 0 Å². The Hall–Kier alpha value is -0.710. The summed E-state index contributed by atoms with van der Waals surface area (Å²) in [5.41, 5.74) is 0. The summed E-state index contributed by atoms with van der Waals surface area (Å²) in [7, 11) is 5.68. The van der Waals surface area contributed by atoms with Crippen LogP contribution in [0.25, 0.3) is 0 Å². The second kappa shape index (κ2) is 6.13. The Labute approximate surface area is 106 Å². The molecule has 0 saturated carbocycles. The van der Waals surface area contributed by atoms with Gasteiger partial charge in [0.25, 0.3) is 0 Å². The van der Waals surface area contributed by atoms with Gasteiger partial charge in [-0.25, -0.2) is 0 Å². The maximum Gasteiger partial charge on any atom is 0.234 e. The molecule has 6 heteroatoms. The van der Waals surface area contributed by atoms with Crippen molar-refractivity contribution in [2.45, 2.75) is 0 Å². The van der Waals surface area contributed by atoms with Crippen LogP contribution in [0, 0.1) is 0 Å². The molecule has 1 rings (SSSR count). The van der Waals surface area contributed by atoms with Gasteiger partial charge in [0.2, 0.25) is 5.88 Å². The van der Waals surface area contributed by atoms with Gasteiger partial charge in [0.15, 0.2) is 0 Å². The Morgan fingerprint density at radius 3 is 2.62 bits per heavy atom. The number of nitrogens with one attached hydrogen (secondary N) is 1. The smallest absolute Gasteiger partial charge is 0.234 e. The lowest BCUT2D eigenvalue weighted by Gasteiger charge is -2.12. The first-order chi connectivity index (χ1) is 7.54. The van der Waals surface area contributed by atoms with E-state index in [4.69, 9.17) is 27.9 Å². The van der Waals surface area contributed by atoms with E-state index in [1.54, 1.807) is 13.1 Å². The Bertz CT molecular complexity index is 358. The van der Waals surface area contributed by atoms with E-state index in [1.807, 2.05) is 19.0 Å². The predicted molar refractivity (Wildman–Crippen MR) is 67.9 cm³/mol. The number of halogens is 2. The molecule has 0 saturated heterocycles. The van der Waals surface area contributed by atoms with Crippen molar-refractivity contribution >= 4 is 29.0 Å². The molecule has 0 radical (unpaired) electrons. The first-order valence-electron chi connectivity index (χ1n) is 4.86. The second-order valence-corrected chi connectivity index (χ2v) is 4.32. The molecule has 90 valence electrons. The Balaban J connectivity index is 2.72. The van der Waals surface area contributed by atoms with Crippen LogP contribution in [0.3, 0.4) is 0 Å². The normalized spacial score (nSPS) is 10.6. The molecule has 0 atom stereocenters. The number of nitrogens with zero attached hydrogens (tertiary/aromatic N) is 2. The van der Waals surface area contributed by atoms with Crippen molar-refractivity contribution in [3.05, 3.63) is 16.1 Å². The van der Waals surface area contributed by atoms with E-state index in [0.29, 0.717) is 28.3 Å². The van der Waals surface area contributed by atoms with Gasteiger partial charge in [-0.15, -0.1) is 0 Å². The van der Waals surface area contributed by atoms with Crippen molar-refractivity contribution in [1.29, 1.82) is 0 Å². The molecular formula is C10H15Cl2N3O. The zero-order valence-corrected chi connectivity index (χ0v) is 11.1. The molecular weight excluding hydrogens is 249 g/mol. The van der Waals surface area contributed by atoms with Crippen molar-refractivity contribution < 1.29 is 4.74 Å². The van der Waals surface area contributed by atoms with E-state index >= 15 is 0 Å². The molecule has 1 aromatic rings. The highest BCUT2D eigenvalue weighted by molar-refractivity contribution is 6.36. The van der Waals surface area contributed by atoms with E-state index in [2.05, 4.69) is 10.3 Å². The monoisotopic (exact) mass is 263 g/mol. The third kappa shape index (κ3) is 3.70. The fraction of sp³-hybridized carbons (Fsp3) is 0.500. The molecule has 0 aliphatic heterocycles. The van der Waals surface area contributed by atoms with Gasteiger partial charge in [-0.3, -0.25) is 0 Å². The molecule has 1 aromatic heterocycles. The van der Waals surface area contributed by atoms with Crippen LogP contribution >= 0.6 is 23.2 Å². The Kier molecular flexibility index (Phi) is 5.12. The third-order valence-electron chi connectivity index (χ3n) is 1.91. The average Bonchev–Trinajstić information content (AvgIpc) is 2.20. The number of aromatic nitrogens is 1. The van der Waals surface area contributed by atoms with Gasteiger partial charge >= 0.3 is 0 Å². The standard InChI is InChI=1S/C10H15Cl2N3O/c1-13-9-7(11)6-8(12)10(14-9)16-5-4-15(2)3/h6H,4-5H2,1-3H3,(H,13,14). The highest BCUT2D eigenvalue weighted by Gasteiger charge is 2.09. The minimum absolute atomic E-state index is 0.400. The van der Waals surface area contributed by atoms with Crippen LogP contribution in [0.1, 0.15) is 0 Å². The predicted octanol–water partition coefficient (Wildman–Crippen LogP) is 2.37. The average molecular weight is 264 g/mol. The van der Waals surface area contributed by atoms with E-state index < -0.39 is 0 Å². The summed E-state index contributed by atoms with van der Waals surface area (Å²) in [5, 5.41) is 3.77. The molecule has 16 heavy (non-hydrogen) atoms. The highest BCUT2D eigenvalue weighted by Crippen LogP contribution is 2.30. The molecule has 0 fully saturated rings. The number of hydrogen-bond donors (Lipinski definition) is 1. The Morgan fingerprint density at radius 1 is 1.38 bits per heavy atom. The van der Waals surface area contributed by atoms with E-state index in [0.717, 1.165) is 6.54 Å². The SMILES string of the molecule is CNc1nc(OCCN(C)C)c(Cl)cc1Cl. The van der Waals surface area contributed by atoms with Crippen LogP contribution in [0.5, 0.6) is 5.88 Å². The minimum atomic E-state index is 0.400. The summed E-state index contributed by atoms with van der Waals surface area (Å²) in [6, 6.07) is 1.62. The second-order valence-electron chi connectivity index (χ2n) is 3.51. The van der Waals surface area contributed by atoms with E-state index in [-0.39, 0.29) is 0 Å². The minimum Gasteiger partial charge on any atom is -0.475 e. The van der Waals surface area contributed by atoms with Crippen molar-refractivity contribution in [3.63, 3.8) is 0 Å². The quantitative estimate of drug-likeness (QED) is 0.886. The number of anilines is 1. The molecule has 0 aliphatic carbocycles. The van der Waals surface area contributed by atoms with Crippen molar-refractivity contribution in [3.8, 4) is 5.88 Å². The first-order valence-corrected chi connectivity index (χ1v) is 5.61. The zero-order chi connectivity index (χ0) is 12.1. The van der Waals surface area contributed by atoms with Crippen molar-refractivity contribution in [2.24, 2.45) is 0 Å². The molecule has 0 spiro atoms. The van der Waals surface area contributed by atoms with Crippen molar-refractivity contribution in [2.75, 3.05) is 39.6 Å². The van der Waals surface area contributed by atoms with Gasteiger partial charge in [-0.1, -0.05) is 23.2 Å². The maximum atomic E-state index is 5.96. The number of ether oxygens (including phenoxy) is 1. The van der Waals surface area contributed by atoms with Gasteiger partial charge in [0, 0.05) is 13.6 Å². The molecule has 0 aromatic carbocycles. The summed E-state index contributed by atoms with van der Waals surface area (Å²) in [6.45, 7) is 1.33. The van der Waals surface area contributed by atoms with Crippen LogP contribution in [0.2, 0.25) is 10.0 Å². The van der Waals surface area contributed by atoms with Gasteiger partial charge in [0.1, 0.15) is 17.4 Å². The van der Waals surface area contributed by atoms with Gasteiger partial charge in [-0.05, 0) is 20.2 Å². The summed E-state index contributed by atoms with van der Waals surface area (Å²) in [6.07, 6.45) is 0. The molecule has 0 bridgehead atoms. The van der Waals surface area contributed by atoms with Crippen molar-refractivity contribution in [1.82, 2.24) is 9.88 Å². The molecule has 0 unspecified atom stereocenters. The summed E-state index contributed by atoms with van der Waals surface area (Å²) in [5.74, 6) is 0.961. The molecule has 1 N–H and O–H groups in total. The van der Waals surface area contributed by atoms with Gasteiger partial charge in [0.05, 0.1) is 5.02 Å². The number of hydrogen-bond acceptors (Lipinski definition) is 4. The van der Waals surface area contributed by atoms with Gasteiger partial charge < -0.3 is 15.0 Å². The highest BCUT2D eigenvalue weighted by atomic mass is 35.5. The number of pyridine rings is 1. The van der Waals surface area contributed by atoms with Crippen LogP contribution < -0.4 is 10.1 Å². The number of rotatable bonds is 5. The Morgan fingerprint density at radius 2 is 2.06 bits per heavy atom. The zero-order valence-electron chi connectivity index (χ0n) is 9.55. The summed E-state index contributed by atoms with van der Waals surface area (Å²) < 4.78 is 5.46. The van der Waals surface area contributed by atoms with Crippen LogP contribution in [-0.2, 0) is 0 Å². The van der Waals surface area contributed by atoms with Crippen LogP contribution in [-0.4, -0.2) is 44.2 Å². The van der Waals surface area contributed by atoms with Gasteiger partial charge in [-0.2, -0.15) is 4.98 Å². The molecule has 0 aliphatic rings. The third-order valence-corrected chi connectivity index (χ3v) is 2.47. The lowest BCUT2D eigenvalue weighted by molar-refractivity contribution is 0.254. The van der Waals surface area contributed by atoms with E-state index in [1.165, 1.54) is 0 Å². The fourth-order valence-corrected chi connectivity index (χ4v) is 1.56. The van der Waals surface area contributed by atoms with Crippen LogP contribution in [0.4, 0.5) is 5.82 Å². The fourth-order valence-electron chi connectivity index (χ4n) is 1.05. The molecule has 4 nitrogen and oxygen atoms in total. The number of likely N-dealkylation sites (N-methyl/N-ethyl adjacent to an activating group) is 1. The largest absolute Gasteiger partial charge is 0.475 e. The van der Waals surface area contributed by atoms with Crippen LogP contribution in [0.15, 0.2) is 6.07 Å². The lowest BCUT2D eigenvalue weighted by atomic mass is 10.4. The summed E-state index contributed by atoms with van der Waals surface area (Å²) >= 11 is 11.9. The maximum absolute atomic E-state index is 5.96. The lowest BCUT2D eigenvalue weighted by Crippen LogP contribution is -2.19. The summed E-state index contributed by atoms with van der Waals surface area (Å²) in [4.78, 5) is 6.19.